The van der Waals surface area contributed by atoms with E-state index in [1.165, 1.54) is 10.8 Å². The normalized spacial score (nSPS) is 11.1. The number of rotatable bonds is 4. The predicted molar refractivity (Wildman–Crippen MR) is 200 cm³/mol. The highest BCUT2D eigenvalue weighted by Crippen LogP contribution is 2.38. The minimum atomic E-state index is 0.572. The molecule has 2 aromatic heterocycles. The van der Waals surface area contributed by atoms with Crippen molar-refractivity contribution in [2.75, 3.05) is 0 Å². The van der Waals surface area contributed by atoms with Gasteiger partial charge in [-0.3, -0.25) is 0 Å². The molecule has 0 saturated carbocycles. The molecule has 5 nitrogen and oxygen atoms in total. The Morgan fingerprint density at radius 2 is 0.780 bits per heavy atom. The molecular weight excluding hydrogens is 611 g/mol. The van der Waals surface area contributed by atoms with Gasteiger partial charge in [0.25, 0.3) is 0 Å². The van der Waals surface area contributed by atoms with Crippen molar-refractivity contribution in [2.45, 2.75) is 0 Å². The Hall–Kier alpha value is -7.39. The summed E-state index contributed by atoms with van der Waals surface area (Å²) < 4.78 is 4.52. The van der Waals surface area contributed by atoms with Gasteiger partial charge in [-0.1, -0.05) is 60.7 Å². The van der Waals surface area contributed by atoms with Crippen molar-refractivity contribution >= 4 is 43.6 Å². The average Bonchev–Trinajstić information content (AvgIpc) is 3.70. The van der Waals surface area contributed by atoms with Crippen molar-refractivity contribution in [1.82, 2.24) is 9.13 Å². The van der Waals surface area contributed by atoms with Crippen LogP contribution < -0.4 is 0 Å². The smallest absolute Gasteiger partial charge is 0.0991 e. The molecule has 0 atom stereocenters. The molecule has 0 spiro atoms. The standard InChI is InChI=1S/C45H25N5/c46-26-29-7-5-8-32(19-29)34-22-35(25-37(24-34)50-42-13-3-1-11-38(42)39-12-2-4-14-43(39)50)33-9-6-10-36(23-33)49-44-17-15-30(27-47)20-40(44)41-21-31(28-48)16-18-45(41)49/h1-25H. The van der Waals surface area contributed by atoms with Gasteiger partial charge in [-0.15, -0.1) is 0 Å². The fourth-order valence-electron chi connectivity index (χ4n) is 7.31. The third-order valence-electron chi connectivity index (χ3n) is 9.54. The van der Waals surface area contributed by atoms with Crippen molar-refractivity contribution < 1.29 is 0 Å². The summed E-state index contributed by atoms with van der Waals surface area (Å²) in [7, 11) is 0. The molecule has 0 radical (unpaired) electrons. The van der Waals surface area contributed by atoms with Crippen LogP contribution in [0, 0.1) is 34.0 Å². The first kappa shape index (κ1) is 28.8. The largest absolute Gasteiger partial charge is 0.309 e. The molecule has 0 fully saturated rings. The van der Waals surface area contributed by atoms with Gasteiger partial charge in [0.2, 0.25) is 0 Å². The Bertz CT molecular complexity index is 2850. The van der Waals surface area contributed by atoms with Crippen LogP contribution in [0.15, 0.2) is 152 Å². The number of para-hydroxylation sites is 2. The molecule has 0 aliphatic carbocycles. The van der Waals surface area contributed by atoms with Crippen molar-refractivity contribution in [3.8, 4) is 51.8 Å². The van der Waals surface area contributed by atoms with Crippen LogP contribution in [0.1, 0.15) is 16.7 Å². The lowest BCUT2D eigenvalue weighted by atomic mass is 9.96. The minimum absolute atomic E-state index is 0.572. The molecule has 2 heterocycles. The fourth-order valence-corrected chi connectivity index (χ4v) is 7.31. The van der Waals surface area contributed by atoms with Crippen LogP contribution in [0.25, 0.3) is 77.2 Å². The Labute approximate surface area is 287 Å². The molecule has 5 heteroatoms. The number of nitriles is 3. The molecule has 0 aliphatic rings. The van der Waals surface area contributed by atoms with Crippen LogP contribution in [0.5, 0.6) is 0 Å². The van der Waals surface area contributed by atoms with Crippen LogP contribution in [0.4, 0.5) is 0 Å². The van der Waals surface area contributed by atoms with Crippen LogP contribution in [0.2, 0.25) is 0 Å². The number of hydrogen-bond donors (Lipinski definition) is 0. The SMILES string of the molecule is N#Cc1cccc(-c2cc(-c3cccc(-n4c5ccc(C#N)cc5c5cc(C#N)ccc54)c3)cc(-n3c4ccccc4c4ccccc43)c2)c1. The first-order valence-electron chi connectivity index (χ1n) is 16.3. The fraction of sp³-hybridized carbons (Fsp3) is 0. The highest BCUT2D eigenvalue weighted by Gasteiger charge is 2.17. The molecule has 0 bridgehead atoms. The van der Waals surface area contributed by atoms with Gasteiger partial charge >= 0.3 is 0 Å². The van der Waals surface area contributed by atoms with E-state index in [-0.39, 0.29) is 0 Å². The van der Waals surface area contributed by atoms with E-state index in [2.05, 4.69) is 124 Å². The van der Waals surface area contributed by atoms with Gasteiger partial charge in [0.15, 0.2) is 0 Å². The molecular formula is C45H25N5. The Morgan fingerprint density at radius 3 is 1.36 bits per heavy atom. The zero-order valence-electron chi connectivity index (χ0n) is 26.7. The highest BCUT2D eigenvalue weighted by molar-refractivity contribution is 6.11. The third kappa shape index (κ3) is 4.53. The minimum Gasteiger partial charge on any atom is -0.309 e. The second kappa shape index (κ2) is 11.4. The number of aromatic nitrogens is 2. The van der Waals surface area contributed by atoms with Gasteiger partial charge in [-0.05, 0) is 113 Å². The van der Waals surface area contributed by atoms with Gasteiger partial charge < -0.3 is 9.13 Å². The van der Waals surface area contributed by atoms with Crippen LogP contribution in [0.3, 0.4) is 0 Å². The Balaban J connectivity index is 1.30. The van der Waals surface area contributed by atoms with Crippen molar-refractivity contribution in [3.05, 3.63) is 168 Å². The van der Waals surface area contributed by atoms with Gasteiger partial charge in [-0.2, -0.15) is 15.8 Å². The summed E-state index contributed by atoms with van der Waals surface area (Å²) >= 11 is 0. The summed E-state index contributed by atoms with van der Waals surface area (Å²) in [6.45, 7) is 0. The molecule has 0 amide bonds. The zero-order valence-corrected chi connectivity index (χ0v) is 26.7. The van der Waals surface area contributed by atoms with Gasteiger partial charge in [-0.25, -0.2) is 0 Å². The maximum absolute atomic E-state index is 9.73. The van der Waals surface area contributed by atoms with E-state index < -0.39 is 0 Å². The molecule has 50 heavy (non-hydrogen) atoms. The second-order valence-corrected chi connectivity index (χ2v) is 12.4. The maximum atomic E-state index is 9.73. The summed E-state index contributed by atoms with van der Waals surface area (Å²) in [6.07, 6.45) is 0. The molecule has 7 aromatic carbocycles. The van der Waals surface area contributed by atoms with E-state index in [4.69, 9.17) is 0 Å². The second-order valence-electron chi connectivity index (χ2n) is 12.4. The first-order valence-corrected chi connectivity index (χ1v) is 16.3. The molecule has 230 valence electrons. The predicted octanol–water partition coefficient (Wildman–Crippen LogP) is 10.8. The quantitative estimate of drug-likeness (QED) is 0.193. The maximum Gasteiger partial charge on any atom is 0.0991 e. The summed E-state index contributed by atoms with van der Waals surface area (Å²) in [6, 6.07) is 58.1. The van der Waals surface area contributed by atoms with E-state index in [0.717, 1.165) is 66.5 Å². The summed E-state index contributed by atoms with van der Waals surface area (Å²) in [5.74, 6) is 0. The van der Waals surface area contributed by atoms with Crippen LogP contribution >= 0.6 is 0 Å². The topological polar surface area (TPSA) is 81.2 Å². The summed E-state index contributed by atoms with van der Waals surface area (Å²) in [5, 5.41) is 33.3. The number of hydrogen-bond acceptors (Lipinski definition) is 3. The van der Waals surface area contributed by atoms with Crippen molar-refractivity contribution in [2.24, 2.45) is 0 Å². The molecule has 9 aromatic rings. The first-order chi connectivity index (χ1) is 24.6. The summed E-state index contributed by atoms with van der Waals surface area (Å²) in [4.78, 5) is 0. The molecule has 0 unspecified atom stereocenters. The van der Waals surface area contributed by atoms with Gasteiger partial charge in [0, 0.05) is 32.9 Å². The monoisotopic (exact) mass is 635 g/mol. The molecule has 0 saturated heterocycles. The van der Waals surface area contributed by atoms with Gasteiger partial charge in [0.1, 0.15) is 0 Å². The van der Waals surface area contributed by atoms with E-state index in [1.54, 1.807) is 0 Å². The lowest BCUT2D eigenvalue weighted by molar-refractivity contribution is 1.17. The van der Waals surface area contributed by atoms with E-state index >= 15 is 0 Å². The average molecular weight is 636 g/mol. The van der Waals surface area contributed by atoms with Crippen molar-refractivity contribution in [3.63, 3.8) is 0 Å². The van der Waals surface area contributed by atoms with E-state index in [9.17, 15) is 15.8 Å². The van der Waals surface area contributed by atoms with Crippen LogP contribution in [-0.2, 0) is 0 Å². The third-order valence-corrected chi connectivity index (χ3v) is 9.54. The Kier molecular flexibility index (Phi) is 6.56. The Morgan fingerprint density at radius 1 is 0.320 bits per heavy atom. The lowest BCUT2D eigenvalue weighted by Crippen LogP contribution is -1.97. The van der Waals surface area contributed by atoms with Gasteiger partial charge in [0.05, 0.1) is 57.0 Å². The van der Waals surface area contributed by atoms with E-state index in [1.807, 2.05) is 54.6 Å². The van der Waals surface area contributed by atoms with Crippen LogP contribution in [-0.4, -0.2) is 9.13 Å². The number of fused-ring (bicyclic) bond motifs is 6. The lowest BCUT2D eigenvalue weighted by Gasteiger charge is -2.15. The van der Waals surface area contributed by atoms with Crippen molar-refractivity contribution in [1.29, 1.82) is 15.8 Å². The summed E-state index contributed by atoms with van der Waals surface area (Å²) in [5.41, 5.74) is 11.9. The molecule has 0 aliphatic heterocycles. The molecule has 9 rings (SSSR count). The zero-order chi connectivity index (χ0) is 33.8. The van der Waals surface area contributed by atoms with E-state index in [0.29, 0.717) is 16.7 Å². The number of nitrogens with zero attached hydrogens (tertiary/aromatic N) is 5. The number of benzene rings is 7. The molecule has 0 N–H and O–H groups in total. The highest BCUT2D eigenvalue weighted by atomic mass is 15.0.